The number of hydrogen-bond acceptors (Lipinski definition) is 1. The van der Waals surface area contributed by atoms with Crippen LogP contribution in [0.25, 0.3) is 11.1 Å². The van der Waals surface area contributed by atoms with Gasteiger partial charge in [0.25, 0.3) is 0 Å². The van der Waals surface area contributed by atoms with E-state index in [0.29, 0.717) is 11.5 Å². The summed E-state index contributed by atoms with van der Waals surface area (Å²) in [6.07, 6.45) is 12.0. The maximum Gasteiger partial charge on any atom is 0.201 e. The highest BCUT2D eigenvalue weighted by molar-refractivity contribution is 5.65. The van der Waals surface area contributed by atoms with Crippen LogP contribution < -0.4 is 4.74 Å². The quantitative estimate of drug-likeness (QED) is 0.376. The van der Waals surface area contributed by atoms with Crippen molar-refractivity contribution in [3.63, 3.8) is 0 Å². The fourth-order valence-electron chi connectivity index (χ4n) is 5.00. The Labute approximate surface area is 180 Å². The van der Waals surface area contributed by atoms with E-state index < -0.39 is 11.6 Å². The van der Waals surface area contributed by atoms with E-state index in [9.17, 15) is 8.78 Å². The summed E-state index contributed by atoms with van der Waals surface area (Å²) in [6.45, 7) is 4.64. The van der Waals surface area contributed by atoms with Crippen LogP contribution >= 0.6 is 0 Å². The van der Waals surface area contributed by atoms with Gasteiger partial charge in [-0.25, -0.2) is 4.39 Å². The molecule has 0 saturated heterocycles. The largest absolute Gasteiger partial charge is 0.494 e. The molecule has 1 fully saturated rings. The van der Waals surface area contributed by atoms with Crippen molar-refractivity contribution in [1.82, 2.24) is 0 Å². The molecule has 2 aromatic carbocycles. The predicted octanol–water partition coefficient (Wildman–Crippen LogP) is 8.21. The Hall–Kier alpha value is -1.90. The van der Waals surface area contributed by atoms with E-state index >= 15 is 0 Å². The molecule has 0 spiro atoms. The zero-order valence-electron chi connectivity index (χ0n) is 18.7. The van der Waals surface area contributed by atoms with Crippen LogP contribution in [0, 0.1) is 29.4 Å². The minimum Gasteiger partial charge on any atom is -0.494 e. The SMILES string of the molecule is CCCCCC1CCC(C(C)Cc2ccc(-c3ccc(OC)c(F)c3F)cc2)CC1. The molecule has 0 heterocycles. The van der Waals surface area contributed by atoms with Crippen molar-refractivity contribution < 1.29 is 13.5 Å². The molecule has 0 bridgehead atoms. The van der Waals surface area contributed by atoms with Gasteiger partial charge in [-0.15, -0.1) is 0 Å². The van der Waals surface area contributed by atoms with Crippen molar-refractivity contribution in [3.05, 3.63) is 53.6 Å². The van der Waals surface area contributed by atoms with Gasteiger partial charge in [0.2, 0.25) is 5.82 Å². The molecule has 1 nitrogen and oxygen atoms in total. The van der Waals surface area contributed by atoms with Crippen molar-refractivity contribution in [2.24, 2.45) is 17.8 Å². The van der Waals surface area contributed by atoms with Crippen molar-refractivity contribution >= 4 is 0 Å². The fraction of sp³-hybridized carbons (Fsp3) is 0.556. The molecule has 30 heavy (non-hydrogen) atoms. The number of halogens is 2. The first-order valence-electron chi connectivity index (χ1n) is 11.6. The molecule has 164 valence electrons. The molecule has 0 amide bonds. The molecule has 0 N–H and O–H groups in total. The average molecular weight is 415 g/mol. The van der Waals surface area contributed by atoms with Gasteiger partial charge in [0, 0.05) is 5.56 Å². The number of hydrogen-bond donors (Lipinski definition) is 0. The third kappa shape index (κ3) is 5.62. The summed E-state index contributed by atoms with van der Waals surface area (Å²) in [5.41, 5.74) is 2.23. The summed E-state index contributed by atoms with van der Waals surface area (Å²) in [5, 5.41) is 0. The van der Waals surface area contributed by atoms with Crippen molar-refractivity contribution in [1.29, 1.82) is 0 Å². The Kier molecular flexibility index (Phi) is 8.30. The molecule has 1 unspecified atom stereocenters. The Morgan fingerprint density at radius 2 is 1.63 bits per heavy atom. The van der Waals surface area contributed by atoms with Crippen LogP contribution in [0.1, 0.15) is 70.8 Å². The normalized spacial score (nSPS) is 20.2. The summed E-state index contributed by atoms with van der Waals surface area (Å²) in [5.74, 6) is 0.549. The Morgan fingerprint density at radius 1 is 0.933 bits per heavy atom. The summed E-state index contributed by atoms with van der Waals surface area (Å²) in [7, 11) is 1.34. The Balaban J connectivity index is 1.55. The van der Waals surface area contributed by atoms with Gasteiger partial charge in [0.15, 0.2) is 11.6 Å². The number of benzene rings is 2. The molecule has 0 aromatic heterocycles. The van der Waals surface area contributed by atoms with E-state index in [1.54, 1.807) is 6.07 Å². The Bertz CT molecular complexity index is 791. The molecular weight excluding hydrogens is 378 g/mol. The highest BCUT2D eigenvalue weighted by Gasteiger charge is 2.25. The zero-order chi connectivity index (χ0) is 21.5. The minimum atomic E-state index is -0.932. The molecule has 3 heteroatoms. The van der Waals surface area contributed by atoms with E-state index in [1.165, 1.54) is 70.1 Å². The lowest BCUT2D eigenvalue weighted by molar-refractivity contribution is 0.204. The van der Waals surface area contributed by atoms with Crippen molar-refractivity contribution in [3.8, 4) is 16.9 Å². The summed E-state index contributed by atoms with van der Waals surface area (Å²) in [4.78, 5) is 0. The summed E-state index contributed by atoms with van der Waals surface area (Å²) in [6, 6.07) is 11.0. The maximum atomic E-state index is 14.4. The second kappa shape index (κ2) is 10.9. The topological polar surface area (TPSA) is 9.23 Å². The summed E-state index contributed by atoms with van der Waals surface area (Å²) >= 11 is 0. The lowest BCUT2D eigenvalue weighted by Crippen LogP contribution is -2.21. The van der Waals surface area contributed by atoms with Gasteiger partial charge in [-0.2, -0.15) is 4.39 Å². The van der Waals surface area contributed by atoms with Gasteiger partial charge in [-0.05, 0) is 60.3 Å². The fourth-order valence-corrected chi connectivity index (χ4v) is 5.00. The first kappa shape index (κ1) is 22.8. The van der Waals surface area contributed by atoms with Crippen LogP contribution in [0.4, 0.5) is 8.78 Å². The lowest BCUT2D eigenvalue weighted by Gasteiger charge is -2.32. The first-order chi connectivity index (χ1) is 14.5. The summed E-state index contributed by atoms with van der Waals surface area (Å²) < 4.78 is 33.2. The molecule has 1 aliphatic carbocycles. The zero-order valence-corrected chi connectivity index (χ0v) is 18.7. The molecule has 0 aliphatic heterocycles. The molecule has 1 aliphatic rings. The molecule has 1 atom stereocenters. The second-order valence-corrected chi connectivity index (χ2v) is 9.10. The van der Waals surface area contributed by atoms with Crippen molar-refractivity contribution in [2.75, 3.05) is 7.11 Å². The highest BCUT2D eigenvalue weighted by atomic mass is 19.2. The van der Waals surface area contributed by atoms with Crippen LogP contribution in [0.3, 0.4) is 0 Å². The van der Waals surface area contributed by atoms with Gasteiger partial charge in [-0.3, -0.25) is 0 Å². The molecule has 3 rings (SSSR count). The van der Waals surface area contributed by atoms with Crippen LogP contribution in [-0.2, 0) is 6.42 Å². The lowest BCUT2D eigenvalue weighted by atomic mass is 9.73. The van der Waals surface area contributed by atoms with E-state index in [-0.39, 0.29) is 11.3 Å². The van der Waals surface area contributed by atoms with E-state index in [4.69, 9.17) is 4.74 Å². The molecule has 2 aromatic rings. The molecular formula is C27H36F2O. The number of ether oxygens (including phenoxy) is 1. The average Bonchev–Trinajstić information content (AvgIpc) is 2.77. The van der Waals surface area contributed by atoms with E-state index in [2.05, 4.69) is 26.0 Å². The standard InChI is InChI=1S/C27H36F2O/c1-4-5-6-7-20-8-12-22(13-9-20)19(2)18-21-10-14-23(15-11-21)24-16-17-25(30-3)27(29)26(24)28/h10-11,14-17,19-20,22H,4-9,12-13,18H2,1-3H3. The number of methoxy groups -OCH3 is 1. The smallest absolute Gasteiger partial charge is 0.201 e. The van der Waals surface area contributed by atoms with Gasteiger partial charge >= 0.3 is 0 Å². The maximum absolute atomic E-state index is 14.4. The third-order valence-electron chi connectivity index (χ3n) is 7.00. The molecule has 0 radical (unpaired) electrons. The molecule has 1 saturated carbocycles. The highest BCUT2D eigenvalue weighted by Crippen LogP contribution is 2.37. The van der Waals surface area contributed by atoms with E-state index in [0.717, 1.165) is 18.3 Å². The van der Waals surface area contributed by atoms with Crippen LogP contribution in [0.2, 0.25) is 0 Å². The van der Waals surface area contributed by atoms with Gasteiger partial charge in [-0.1, -0.05) is 76.6 Å². The van der Waals surface area contributed by atoms with Gasteiger partial charge < -0.3 is 4.74 Å². The third-order valence-corrected chi connectivity index (χ3v) is 7.00. The Morgan fingerprint density at radius 3 is 2.27 bits per heavy atom. The first-order valence-corrected chi connectivity index (χ1v) is 11.6. The van der Waals surface area contributed by atoms with Gasteiger partial charge in [0.05, 0.1) is 7.11 Å². The second-order valence-electron chi connectivity index (χ2n) is 9.10. The van der Waals surface area contributed by atoms with Crippen LogP contribution in [-0.4, -0.2) is 7.11 Å². The number of unbranched alkanes of at least 4 members (excludes halogenated alkanes) is 2. The van der Waals surface area contributed by atoms with E-state index in [1.807, 2.05) is 12.1 Å². The minimum absolute atomic E-state index is 0.0678. The predicted molar refractivity (Wildman–Crippen MR) is 121 cm³/mol. The number of rotatable bonds is 9. The van der Waals surface area contributed by atoms with Crippen molar-refractivity contribution in [2.45, 2.75) is 71.6 Å². The van der Waals surface area contributed by atoms with Crippen LogP contribution in [0.15, 0.2) is 36.4 Å². The monoisotopic (exact) mass is 414 g/mol. The van der Waals surface area contributed by atoms with Gasteiger partial charge in [0.1, 0.15) is 0 Å². The van der Waals surface area contributed by atoms with Crippen LogP contribution in [0.5, 0.6) is 5.75 Å².